The summed E-state index contributed by atoms with van der Waals surface area (Å²) in [6, 6.07) is 23.5. The molecule has 124 valence electrons. The molecule has 0 saturated heterocycles. The van der Waals surface area contributed by atoms with E-state index in [1.54, 1.807) is 0 Å². The van der Waals surface area contributed by atoms with Gasteiger partial charge >= 0.3 is 0 Å². The molecule has 0 saturated carbocycles. The molecule has 1 heterocycles. The molecule has 1 amide bonds. The highest BCUT2D eigenvalue weighted by Crippen LogP contribution is 2.30. The molecule has 0 fully saturated rings. The van der Waals surface area contributed by atoms with Gasteiger partial charge in [-0.05, 0) is 57.4 Å². The topological polar surface area (TPSA) is 29.5 Å². The van der Waals surface area contributed by atoms with E-state index >= 15 is 0 Å². The lowest BCUT2D eigenvalue weighted by Gasteiger charge is -2.16. The van der Waals surface area contributed by atoms with Crippen LogP contribution in [-0.2, 0) is 13.1 Å². The molecule has 4 heteroatoms. The van der Waals surface area contributed by atoms with Gasteiger partial charge < -0.3 is 9.64 Å². The van der Waals surface area contributed by atoms with E-state index in [-0.39, 0.29) is 5.91 Å². The average molecular weight is 394 g/mol. The largest absolute Gasteiger partial charge is 0.457 e. The van der Waals surface area contributed by atoms with Crippen LogP contribution in [0.4, 0.5) is 0 Å². The quantitative estimate of drug-likeness (QED) is 0.593. The molecule has 0 N–H and O–H groups in total. The summed E-state index contributed by atoms with van der Waals surface area (Å²) in [6.45, 7) is 1.24. The van der Waals surface area contributed by atoms with Crippen molar-refractivity contribution in [3.05, 3.63) is 94.0 Å². The zero-order chi connectivity index (χ0) is 17.2. The number of benzene rings is 3. The molecule has 1 aliphatic heterocycles. The SMILES string of the molecule is O=C1c2c(Br)cccc2CN1Cc1ccc(Oc2ccccc2)cc1. The Morgan fingerprint density at radius 1 is 0.880 bits per heavy atom. The Bertz CT molecular complexity index is 907. The molecular formula is C21H16BrNO2. The van der Waals surface area contributed by atoms with E-state index in [1.807, 2.05) is 77.7 Å². The lowest BCUT2D eigenvalue weighted by atomic mass is 10.1. The van der Waals surface area contributed by atoms with Crippen LogP contribution < -0.4 is 4.74 Å². The average Bonchev–Trinajstić information content (AvgIpc) is 2.95. The van der Waals surface area contributed by atoms with Crippen LogP contribution in [0, 0.1) is 0 Å². The second kappa shape index (κ2) is 6.73. The Labute approximate surface area is 155 Å². The number of ether oxygens (including phenoxy) is 1. The Kier molecular flexibility index (Phi) is 4.28. The highest BCUT2D eigenvalue weighted by Gasteiger charge is 2.29. The third-order valence-electron chi connectivity index (χ3n) is 4.24. The first-order valence-electron chi connectivity index (χ1n) is 8.09. The van der Waals surface area contributed by atoms with Crippen molar-refractivity contribution in [1.82, 2.24) is 4.90 Å². The van der Waals surface area contributed by atoms with Crippen molar-refractivity contribution < 1.29 is 9.53 Å². The van der Waals surface area contributed by atoms with Gasteiger partial charge in [0.25, 0.3) is 5.91 Å². The smallest absolute Gasteiger partial charge is 0.255 e. The molecule has 0 unspecified atom stereocenters. The highest BCUT2D eigenvalue weighted by molar-refractivity contribution is 9.10. The first-order chi connectivity index (χ1) is 12.2. The minimum atomic E-state index is 0.0760. The van der Waals surface area contributed by atoms with Crippen LogP contribution in [0.15, 0.2) is 77.3 Å². The second-order valence-electron chi connectivity index (χ2n) is 5.99. The van der Waals surface area contributed by atoms with E-state index < -0.39 is 0 Å². The molecule has 1 aliphatic rings. The van der Waals surface area contributed by atoms with Crippen molar-refractivity contribution in [2.45, 2.75) is 13.1 Å². The second-order valence-corrected chi connectivity index (χ2v) is 6.85. The third kappa shape index (κ3) is 3.30. The summed E-state index contributed by atoms with van der Waals surface area (Å²) < 4.78 is 6.67. The van der Waals surface area contributed by atoms with Crippen molar-refractivity contribution in [2.24, 2.45) is 0 Å². The monoisotopic (exact) mass is 393 g/mol. The number of para-hydroxylation sites is 1. The van der Waals surface area contributed by atoms with Gasteiger partial charge in [-0.3, -0.25) is 4.79 Å². The molecule has 4 rings (SSSR count). The first kappa shape index (κ1) is 15.9. The molecule has 0 aromatic heterocycles. The van der Waals surface area contributed by atoms with Crippen molar-refractivity contribution in [3.8, 4) is 11.5 Å². The van der Waals surface area contributed by atoms with Gasteiger partial charge in [-0.1, -0.05) is 42.5 Å². The minimum Gasteiger partial charge on any atom is -0.457 e. The van der Waals surface area contributed by atoms with Crippen LogP contribution in [0.3, 0.4) is 0 Å². The Hall–Kier alpha value is -2.59. The maximum atomic E-state index is 12.6. The van der Waals surface area contributed by atoms with Gasteiger partial charge in [-0.25, -0.2) is 0 Å². The number of carbonyl (C=O) groups is 1. The maximum absolute atomic E-state index is 12.6. The third-order valence-corrected chi connectivity index (χ3v) is 4.90. The summed E-state index contributed by atoms with van der Waals surface area (Å²) in [4.78, 5) is 14.5. The van der Waals surface area contributed by atoms with Crippen LogP contribution in [0.1, 0.15) is 21.5 Å². The van der Waals surface area contributed by atoms with Gasteiger partial charge in [0.15, 0.2) is 0 Å². The summed E-state index contributed by atoms with van der Waals surface area (Å²) in [5, 5.41) is 0. The van der Waals surface area contributed by atoms with Crippen molar-refractivity contribution in [1.29, 1.82) is 0 Å². The van der Waals surface area contributed by atoms with Gasteiger partial charge in [0.05, 0.1) is 5.56 Å². The number of rotatable bonds is 4. The van der Waals surface area contributed by atoms with E-state index in [0.29, 0.717) is 13.1 Å². The van der Waals surface area contributed by atoms with E-state index in [0.717, 1.165) is 32.7 Å². The van der Waals surface area contributed by atoms with Gasteiger partial charge in [0, 0.05) is 17.6 Å². The molecule has 3 aromatic carbocycles. The van der Waals surface area contributed by atoms with Gasteiger partial charge in [0.2, 0.25) is 0 Å². The Balaban J connectivity index is 1.46. The Morgan fingerprint density at radius 2 is 1.60 bits per heavy atom. The van der Waals surface area contributed by atoms with E-state index in [9.17, 15) is 4.79 Å². The number of carbonyl (C=O) groups excluding carboxylic acids is 1. The highest BCUT2D eigenvalue weighted by atomic mass is 79.9. The fourth-order valence-corrected chi connectivity index (χ4v) is 3.59. The van der Waals surface area contributed by atoms with Crippen LogP contribution in [0.5, 0.6) is 11.5 Å². The fraction of sp³-hybridized carbons (Fsp3) is 0.0952. The number of amides is 1. The number of fused-ring (bicyclic) bond motifs is 1. The number of hydrogen-bond donors (Lipinski definition) is 0. The first-order valence-corrected chi connectivity index (χ1v) is 8.88. The maximum Gasteiger partial charge on any atom is 0.255 e. The lowest BCUT2D eigenvalue weighted by molar-refractivity contribution is 0.0766. The van der Waals surface area contributed by atoms with Crippen molar-refractivity contribution in [2.75, 3.05) is 0 Å². The zero-order valence-electron chi connectivity index (χ0n) is 13.5. The molecule has 0 spiro atoms. The summed E-state index contributed by atoms with van der Waals surface area (Å²) >= 11 is 3.48. The van der Waals surface area contributed by atoms with Gasteiger partial charge in [0.1, 0.15) is 11.5 Å². The van der Waals surface area contributed by atoms with Crippen LogP contribution in [0.25, 0.3) is 0 Å². The van der Waals surface area contributed by atoms with Gasteiger partial charge in [-0.2, -0.15) is 0 Å². The lowest BCUT2D eigenvalue weighted by Crippen LogP contribution is -2.23. The predicted octanol–water partition coefficient (Wildman–Crippen LogP) is 5.40. The van der Waals surface area contributed by atoms with E-state index in [1.165, 1.54) is 0 Å². The Morgan fingerprint density at radius 3 is 2.32 bits per heavy atom. The van der Waals surface area contributed by atoms with Crippen LogP contribution >= 0.6 is 15.9 Å². The molecule has 0 atom stereocenters. The van der Waals surface area contributed by atoms with E-state index in [4.69, 9.17) is 4.74 Å². The number of hydrogen-bond acceptors (Lipinski definition) is 2. The molecule has 0 bridgehead atoms. The summed E-state index contributed by atoms with van der Waals surface area (Å²) in [5.41, 5.74) is 2.94. The summed E-state index contributed by atoms with van der Waals surface area (Å²) in [5.74, 6) is 1.67. The zero-order valence-corrected chi connectivity index (χ0v) is 15.1. The predicted molar refractivity (Wildman–Crippen MR) is 101 cm³/mol. The molecule has 0 aliphatic carbocycles. The summed E-state index contributed by atoms with van der Waals surface area (Å²) in [6.07, 6.45) is 0. The fourth-order valence-electron chi connectivity index (χ4n) is 3.01. The van der Waals surface area contributed by atoms with Crippen LogP contribution in [0.2, 0.25) is 0 Å². The molecule has 3 nitrogen and oxygen atoms in total. The van der Waals surface area contributed by atoms with Crippen LogP contribution in [-0.4, -0.2) is 10.8 Å². The van der Waals surface area contributed by atoms with Crippen molar-refractivity contribution >= 4 is 21.8 Å². The van der Waals surface area contributed by atoms with E-state index in [2.05, 4.69) is 15.9 Å². The molecular weight excluding hydrogens is 378 g/mol. The standard InChI is InChI=1S/C21H16BrNO2/c22-19-8-4-5-16-14-23(21(24)20(16)19)13-15-9-11-18(12-10-15)25-17-6-2-1-3-7-17/h1-12H,13-14H2. The van der Waals surface area contributed by atoms with Crippen molar-refractivity contribution in [3.63, 3.8) is 0 Å². The number of halogens is 1. The molecule has 0 radical (unpaired) electrons. The number of nitrogens with zero attached hydrogens (tertiary/aromatic N) is 1. The minimum absolute atomic E-state index is 0.0760. The molecule has 25 heavy (non-hydrogen) atoms. The summed E-state index contributed by atoms with van der Waals surface area (Å²) in [7, 11) is 0. The normalized spacial score (nSPS) is 13.0. The molecule has 3 aromatic rings. The van der Waals surface area contributed by atoms with Gasteiger partial charge in [-0.15, -0.1) is 0 Å².